The van der Waals surface area contributed by atoms with E-state index in [-0.39, 0.29) is 11.8 Å². The summed E-state index contributed by atoms with van der Waals surface area (Å²) in [4.78, 5) is 12.3. The normalized spacial score (nSPS) is 18.1. The molecule has 1 atom stereocenters. The molecule has 0 saturated heterocycles. The average molecular weight is 346 g/mol. The molecule has 2 aromatic rings. The Balaban J connectivity index is 1.68. The quantitative estimate of drug-likeness (QED) is 0.926. The minimum Gasteiger partial charge on any atom is -0.493 e. The number of methoxy groups -OCH3 is 1. The zero-order chi connectivity index (χ0) is 16.7. The first-order valence-corrected chi connectivity index (χ1v) is 8.10. The van der Waals surface area contributed by atoms with Crippen molar-refractivity contribution in [1.29, 1.82) is 0 Å². The molecule has 0 bridgehead atoms. The van der Waals surface area contributed by atoms with E-state index >= 15 is 0 Å². The summed E-state index contributed by atoms with van der Waals surface area (Å²) >= 11 is 6.00. The van der Waals surface area contributed by atoms with Crippen molar-refractivity contribution in [3.8, 4) is 17.2 Å². The fraction of sp³-hybridized carbons (Fsp3) is 0.278. The van der Waals surface area contributed by atoms with E-state index in [0.717, 1.165) is 16.8 Å². The molecule has 0 aliphatic carbocycles. The number of ether oxygens (including phenoxy) is 3. The third-order valence-electron chi connectivity index (χ3n) is 4.29. The molecule has 24 heavy (non-hydrogen) atoms. The van der Waals surface area contributed by atoms with Crippen LogP contribution in [-0.4, -0.2) is 26.2 Å². The number of nitrogens with one attached hydrogen (secondary N) is 1. The highest BCUT2D eigenvalue weighted by Gasteiger charge is 2.31. The molecule has 1 amide bonds. The molecule has 1 N–H and O–H groups in total. The molecule has 0 aromatic heterocycles. The summed E-state index contributed by atoms with van der Waals surface area (Å²) in [5, 5.41) is 3.50. The monoisotopic (exact) mass is 345 g/mol. The highest BCUT2D eigenvalue weighted by molar-refractivity contribution is 6.31. The number of anilines is 1. The number of amides is 1. The average Bonchev–Trinajstić information content (AvgIpc) is 2.88. The molecule has 1 unspecified atom stereocenters. The predicted octanol–water partition coefficient (Wildman–Crippen LogP) is 3.40. The first-order chi connectivity index (χ1) is 11.7. The van der Waals surface area contributed by atoms with Gasteiger partial charge in [0.25, 0.3) is 0 Å². The van der Waals surface area contributed by atoms with Gasteiger partial charge in [-0.3, -0.25) is 4.79 Å². The summed E-state index contributed by atoms with van der Waals surface area (Å²) in [5.41, 5.74) is 2.69. The van der Waals surface area contributed by atoms with E-state index < -0.39 is 0 Å². The van der Waals surface area contributed by atoms with Gasteiger partial charge in [-0.05, 0) is 41.8 Å². The van der Waals surface area contributed by atoms with Gasteiger partial charge in [0.05, 0.1) is 13.0 Å². The summed E-state index contributed by atoms with van der Waals surface area (Å²) in [7, 11) is 1.59. The SMILES string of the molecule is COc1cc(CC2C(=O)Nc3cc(Cl)ccc32)cc2c1OCCO2. The first-order valence-electron chi connectivity index (χ1n) is 7.72. The number of hydrogen-bond acceptors (Lipinski definition) is 4. The van der Waals surface area contributed by atoms with Crippen molar-refractivity contribution in [2.24, 2.45) is 0 Å². The molecule has 0 radical (unpaired) electrons. The molecule has 2 heterocycles. The van der Waals surface area contributed by atoms with Gasteiger partial charge < -0.3 is 19.5 Å². The van der Waals surface area contributed by atoms with Crippen LogP contribution in [0.15, 0.2) is 30.3 Å². The van der Waals surface area contributed by atoms with E-state index in [1.807, 2.05) is 18.2 Å². The van der Waals surface area contributed by atoms with Crippen molar-refractivity contribution in [3.63, 3.8) is 0 Å². The molecule has 0 spiro atoms. The van der Waals surface area contributed by atoms with Gasteiger partial charge in [0.2, 0.25) is 11.7 Å². The summed E-state index contributed by atoms with van der Waals surface area (Å²) < 4.78 is 16.7. The lowest BCUT2D eigenvalue weighted by molar-refractivity contribution is -0.117. The van der Waals surface area contributed by atoms with E-state index in [2.05, 4.69) is 5.32 Å². The standard InChI is InChI=1S/C18H16ClNO4/c1-22-15-7-10(8-16-17(15)24-5-4-23-16)6-13-12-3-2-11(19)9-14(12)20-18(13)21/h2-3,7-9,13H,4-6H2,1H3,(H,20,21). The van der Waals surface area contributed by atoms with Crippen molar-refractivity contribution in [2.75, 3.05) is 25.6 Å². The predicted molar refractivity (Wildman–Crippen MR) is 90.5 cm³/mol. The number of fused-ring (bicyclic) bond motifs is 2. The van der Waals surface area contributed by atoms with Gasteiger partial charge in [-0.15, -0.1) is 0 Å². The number of rotatable bonds is 3. The number of carbonyl (C=O) groups excluding carboxylic acids is 1. The summed E-state index contributed by atoms with van der Waals surface area (Å²) in [6, 6.07) is 9.29. The second kappa shape index (κ2) is 5.91. The molecule has 124 valence electrons. The minimum atomic E-state index is -0.260. The Labute approximate surface area is 144 Å². The molecular weight excluding hydrogens is 330 g/mol. The Bertz CT molecular complexity index is 804. The molecule has 0 fully saturated rings. The van der Waals surface area contributed by atoms with Crippen LogP contribution in [0.5, 0.6) is 17.2 Å². The summed E-state index contributed by atoms with van der Waals surface area (Å²) in [5.74, 6) is 1.61. The molecule has 2 aliphatic heterocycles. The molecule has 4 rings (SSSR count). The van der Waals surface area contributed by atoms with Crippen molar-refractivity contribution in [2.45, 2.75) is 12.3 Å². The van der Waals surface area contributed by atoms with Crippen LogP contribution < -0.4 is 19.5 Å². The lowest BCUT2D eigenvalue weighted by Crippen LogP contribution is -2.17. The largest absolute Gasteiger partial charge is 0.493 e. The Morgan fingerprint density at radius 1 is 1.25 bits per heavy atom. The fourth-order valence-electron chi connectivity index (χ4n) is 3.19. The lowest BCUT2D eigenvalue weighted by Gasteiger charge is -2.22. The van der Waals surface area contributed by atoms with Crippen LogP contribution in [0.4, 0.5) is 5.69 Å². The number of halogens is 1. The summed E-state index contributed by atoms with van der Waals surface area (Å²) in [6.07, 6.45) is 0.549. The van der Waals surface area contributed by atoms with E-state index in [9.17, 15) is 4.79 Å². The first kappa shape index (κ1) is 15.1. The maximum atomic E-state index is 12.3. The highest BCUT2D eigenvalue weighted by Crippen LogP contribution is 2.42. The maximum Gasteiger partial charge on any atom is 0.232 e. The molecular formula is C18H16ClNO4. The second-order valence-electron chi connectivity index (χ2n) is 5.80. The summed E-state index contributed by atoms with van der Waals surface area (Å²) in [6.45, 7) is 1.01. The Morgan fingerprint density at radius 3 is 2.92 bits per heavy atom. The Hall–Kier alpha value is -2.40. The van der Waals surface area contributed by atoms with Gasteiger partial charge in [-0.2, -0.15) is 0 Å². The van der Waals surface area contributed by atoms with Gasteiger partial charge in [0, 0.05) is 10.7 Å². The van der Waals surface area contributed by atoms with E-state index in [1.165, 1.54) is 0 Å². The van der Waals surface area contributed by atoms with Crippen molar-refractivity contribution in [3.05, 3.63) is 46.5 Å². The van der Waals surface area contributed by atoms with Crippen molar-refractivity contribution < 1.29 is 19.0 Å². The fourth-order valence-corrected chi connectivity index (χ4v) is 3.36. The zero-order valence-corrected chi connectivity index (χ0v) is 13.9. The lowest BCUT2D eigenvalue weighted by atomic mass is 9.93. The number of carbonyl (C=O) groups is 1. The Kier molecular flexibility index (Phi) is 3.73. The van der Waals surface area contributed by atoms with Gasteiger partial charge in [-0.25, -0.2) is 0 Å². The van der Waals surface area contributed by atoms with Crippen LogP contribution >= 0.6 is 11.6 Å². The van der Waals surface area contributed by atoms with Crippen LogP contribution in [0.25, 0.3) is 0 Å². The van der Waals surface area contributed by atoms with E-state index in [4.69, 9.17) is 25.8 Å². The number of benzene rings is 2. The molecule has 2 aromatic carbocycles. The van der Waals surface area contributed by atoms with Gasteiger partial charge in [0.15, 0.2) is 11.5 Å². The smallest absolute Gasteiger partial charge is 0.232 e. The zero-order valence-electron chi connectivity index (χ0n) is 13.1. The van der Waals surface area contributed by atoms with Crippen LogP contribution in [0.1, 0.15) is 17.0 Å². The third kappa shape index (κ3) is 2.55. The van der Waals surface area contributed by atoms with Crippen LogP contribution in [0, 0.1) is 0 Å². The minimum absolute atomic E-state index is 0.0267. The second-order valence-corrected chi connectivity index (χ2v) is 6.24. The van der Waals surface area contributed by atoms with Crippen LogP contribution in [-0.2, 0) is 11.2 Å². The van der Waals surface area contributed by atoms with Gasteiger partial charge in [-0.1, -0.05) is 17.7 Å². The Morgan fingerprint density at radius 2 is 2.08 bits per heavy atom. The van der Waals surface area contributed by atoms with Gasteiger partial charge in [0.1, 0.15) is 13.2 Å². The third-order valence-corrected chi connectivity index (χ3v) is 4.53. The topological polar surface area (TPSA) is 56.8 Å². The van der Waals surface area contributed by atoms with Crippen LogP contribution in [0.3, 0.4) is 0 Å². The number of hydrogen-bond donors (Lipinski definition) is 1. The van der Waals surface area contributed by atoms with E-state index in [1.54, 1.807) is 19.2 Å². The molecule has 6 heteroatoms. The molecule has 5 nitrogen and oxygen atoms in total. The van der Waals surface area contributed by atoms with E-state index in [0.29, 0.717) is 41.9 Å². The maximum absolute atomic E-state index is 12.3. The molecule has 2 aliphatic rings. The van der Waals surface area contributed by atoms with Crippen molar-refractivity contribution >= 4 is 23.2 Å². The van der Waals surface area contributed by atoms with Crippen molar-refractivity contribution in [1.82, 2.24) is 0 Å². The van der Waals surface area contributed by atoms with Gasteiger partial charge >= 0.3 is 0 Å². The molecule has 0 saturated carbocycles. The van der Waals surface area contributed by atoms with Crippen LogP contribution in [0.2, 0.25) is 5.02 Å². The highest BCUT2D eigenvalue weighted by atomic mass is 35.5.